The van der Waals surface area contributed by atoms with E-state index in [4.69, 9.17) is 9.47 Å². The summed E-state index contributed by atoms with van der Waals surface area (Å²) < 4.78 is 10.6. The fraction of sp³-hybridized carbons (Fsp3) is 0.688. The highest BCUT2D eigenvalue weighted by Crippen LogP contribution is 2.14. The lowest BCUT2D eigenvalue weighted by Gasteiger charge is -2.35. The third kappa shape index (κ3) is 4.62. The Morgan fingerprint density at radius 2 is 2.26 bits per heavy atom. The van der Waals surface area contributed by atoms with Crippen LogP contribution in [0.15, 0.2) is 4.79 Å². The molecule has 1 fully saturated rings. The molecule has 1 N–H and O–H groups in total. The Balaban J connectivity index is 1.99. The van der Waals surface area contributed by atoms with Crippen LogP contribution in [0.3, 0.4) is 0 Å². The molecule has 1 aliphatic rings. The fourth-order valence-electron chi connectivity index (χ4n) is 2.90. The summed E-state index contributed by atoms with van der Waals surface area (Å²) in [7, 11) is 1.65. The molecule has 0 radical (unpaired) electrons. The highest BCUT2D eigenvalue weighted by Gasteiger charge is 2.27. The first kappa shape index (κ1) is 17.6. The Morgan fingerprint density at radius 3 is 2.96 bits per heavy atom. The van der Waals surface area contributed by atoms with E-state index in [0.29, 0.717) is 56.3 Å². The number of hydrogen-bond donors (Lipinski definition) is 1. The van der Waals surface area contributed by atoms with Crippen LogP contribution in [0.25, 0.3) is 0 Å². The minimum Gasteiger partial charge on any atom is -0.385 e. The van der Waals surface area contributed by atoms with Crippen LogP contribution in [-0.4, -0.2) is 60.3 Å². The number of carbonyl (C=O) groups is 1. The zero-order valence-corrected chi connectivity index (χ0v) is 14.1. The Hall–Kier alpha value is -1.73. The van der Waals surface area contributed by atoms with Crippen molar-refractivity contribution in [3.8, 4) is 0 Å². The molecular formula is C16H25N3O4. The molecule has 2 rings (SSSR count). The lowest BCUT2D eigenvalue weighted by Crippen LogP contribution is -2.49. The molecule has 23 heavy (non-hydrogen) atoms. The van der Waals surface area contributed by atoms with Gasteiger partial charge < -0.3 is 19.4 Å². The number of methoxy groups -OCH3 is 1. The van der Waals surface area contributed by atoms with Gasteiger partial charge in [-0.2, -0.15) is 0 Å². The predicted molar refractivity (Wildman–Crippen MR) is 85.5 cm³/mol. The molecule has 7 heteroatoms. The van der Waals surface area contributed by atoms with Crippen molar-refractivity contribution in [2.45, 2.75) is 39.2 Å². The third-order valence-corrected chi connectivity index (χ3v) is 4.13. The van der Waals surface area contributed by atoms with Gasteiger partial charge in [0.2, 0.25) is 5.91 Å². The molecule has 1 amide bonds. The highest BCUT2D eigenvalue weighted by atomic mass is 16.5. The maximum atomic E-state index is 12.5. The maximum Gasteiger partial charge on any atom is 0.254 e. The van der Waals surface area contributed by atoms with Crippen LogP contribution in [0.4, 0.5) is 0 Å². The minimum atomic E-state index is -0.152. The average molecular weight is 323 g/mol. The van der Waals surface area contributed by atoms with Gasteiger partial charge in [0, 0.05) is 37.9 Å². The lowest BCUT2D eigenvalue weighted by molar-refractivity contribution is -0.140. The summed E-state index contributed by atoms with van der Waals surface area (Å²) in [5.41, 5.74) is 1.13. The molecule has 128 valence electrons. The quantitative estimate of drug-likeness (QED) is 0.828. The first-order valence-electron chi connectivity index (χ1n) is 7.95. The smallest absolute Gasteiger partial charge is 0.254 e. The second kappa shape index (κ2) is 8.21. The van der Waals surface area contributed by atoms with Crippen LogP contribution < -0.4 is 5.56 Å². The first-order valence-corrected chi connectivity index (χ1v) is 7.95. The van der Waals surface area contributed by atoms with Gasteiger partial charge in [-0.3, -0.25) is 9.59 Å². The maximum absolute atomic E-state index is 12.5. The van der Waals surface area contributed by atoms with Crippen molar-refractivity contribution in [2.24, 2.45) is 0 Å². The normalized spacial score (nSPS) is 18.2. The Bertz CT molecular complexity index is 599. The molecule has 1 unspecified atom stereocenters. The standard InChI is InChI=1S/C16H25N3O4/c1-11-14(16(21)18-12(2)17-11)4-5-15(20)19-7-9-23-10-13(19)6-8-22-3/h13H,4-10H2,1-3H3,(H,17,18,21). The van der Waals surface area contributed by atoms with Crippen LogP contribution >= 0.6 is 0 Å². The number of hydrogen-bond acceptors (Lipinski definition) is 5. The van der Waals surface area contributed by atoms with Crippen LogP contribution in [-0.2, 0) is 20.7 Å². The summed E-state index contributed by atoms with van der Waals surface area (Å²) in [6, 6.07) is 0.0479. The van der Waals surface area contributed by atoms with Crippen LogP contribution in [0, 0.1) is 13.8 Å². The number of nitrogens with zero attached hydrogens (tertiary/aromatic N) is 2. The van der Waals surface area contributed by atoms with E-state index in [2.05, 4.69) is 9.97 Å². The van der Waals surface area contributed by atoms with E-state index in [1.54, 1.807) is 21.0 Å². The molecule has 1 atom stereocenters. The zero-order chi connectivity index (χ0) is 16.8. The molecule has 0 aliphatic carbocycles. The van der Waals surface area contributed by atoms with Gasteiger partial charge in [0.15, 0.2) is 0 Å². The molecule has 1 aliphatic heterocycles. The third-order valence-electron chi connectivity index (χ3n) is 4.13. The van der Waals surface area contributed by atoms with Gasteiger partial charge in [-0.05, 0) is 26.7 Å². The SMILES string of the molecule is COCCC1COCCN1C(=O)CCc1c(C)nc(C)[nH]c1=O. The van der Waals surface area contributed by atoms with Gasteiger partial charge in [-0.1, -0.05) is 0 Å². The van der Waals surface area contributed by atoms with Gasteiger partial charge in [0.05, 0.1) is 19.3 Å². The average Bonchev–Trinajstić information content (AvgIpc) is 2.52. The molecule has 0 aromatic carbocycles. The monoisotopic (exact) mass is 323 g/mol. The fourth-order valence-corrected chi connectivity index (χ4v) is 2.90. The van der Waals surface area contributed by atoms with Gasteiger partial charge in [-0.25, -0.2) is 4.98 Å². The number of ether oxygens (including phenoxy) is 2. The van der Waals surface area contributed by atoms with Crippen LogP contribution in [0.1, 0.15) is 29.9 Å². The summed E-state index contributed by atoms with van der Waals surface area (Å²) >= 11 is 0. The predicted octanol–water partition coefficient (Wildman–Crippen LogP) is 0.583. The number of carbonyl (C=O) groups excluding carboxylic acids is 1. The molecule has 2 heterocycles. The van der Waals surface area contributed by atoms with Crippen molar-refractivity contribution >= 4 is 5.91 Å². The molecule has 0 bridgehead atoms. The Labute approximate surface area is 136 Å². The Kier molecular flexibility index (Phi) is 6.29. The van der Waals surface area contributed by atoms with Crippen molar-refractivity contribution in [3.05, 3.63) is 27.4 Å². The molecule has 0 saturated carbocycles. The largest absolute Gasteiger partial charge is 0.385 e. The van der Waals surface area contributed by atoms with Crippen molar-refractivity contribution in [2.75, 3.05) is 33.5 Å². The highest BCUT2D eigenvalue weighted by molar-refractivity contribution is 5.77. The van der Waals surface area contributed by atoms with Crippen molar-refractivity contribution in [3.63, 3.8) is 0 Å². The number of aromatic amines is 1. The topological polar surface area (TPSA) is 84.5 Å². The second-order valence-corrected chi connectivity index (χ2v) is 5.81. The lowest BCUT2D eigenvalue weighted by atomic mass is 10.1. The van der Waals surface area contributed by atoms with E-state index in [1.165, 1.54) is 0 Å². The van der Waals surface area contributed by atoms with E-state index in [0.717, 1.165) is 6.42 Å². The van der Waals surface area contributed by atoms with Crippen molar-refractivity contribution in [1.82, 2.24) is 14.9 Å². The second-order valence-electron chi connectivity index (χ2n) is 5.81. The van der Waals surface area contributed by atoms with Gasteiger partial charge in [-0.15, -0.1) is 0 Å². The van der Waals surface area contributed by atoms with E-state index in [9.17, 15) is 9.59 Å². The minimum absolute atomic E-state index is 0.0479. The van der Waals surface area contributed by atoms with Crippen LogP contribution in [0.2, 0.25) is 0 Å². The van der Waals surface area contributed by atoms with E-state index < -0.39 is 0 Å². The van der Waals surface area contributed by atoms with E-state index >= 15 is 0 Å². The van der Waals surface area contributed by atoms with Crippen molar-refractivity contribution in [1.29, 1.82) is 0 Å². The van der Waals surface area contributed by atoms with Gasteiger partial charge in [0.1, 0.15) is 5.82 Å². The molecule has 0 spiro atoms. The van der Waals surface area contributed by atoms with E-state index in [-0.39, 0.29) is 17.5 Å². The summed E-state index contributed by atoms with van der Waals surface area (Å²) in [5, 5.41) is 0. The van der Waals surface area contributed by atoms with Gasteiger partial charge in [0.25, 0.3) is 5.56 Å². The summed E-state index contributed by atoms with van der Waals surface area (Å²) in [4.78, 5) is 33.3. The molecular weight excluding hydrogens is 298 g/mol. The van der Waals surface area contributed by atoms with Gasteiger partial charge >= 0.3 is 0 Å². The number of amides is 1. The number of rotatable bonds is 6. The van der Waals surface area contributed by atoms with Crippen LogP contribution in [0.5, 0.6) is 0 Å². The molecule has 1 saturated heterocycles. The molecule has 1 aromatic heterocycles. The number of H-pyrrole nitrogens is 1. The number of morpholine rings is 1. The molecule has 7 nitrogen and oxygen atoms in total. The van der Waals surface area contributed by atoms with Crippen molar-refractivity contribution < 1.29 is 14.3 Å². The number of aromatic nitrogens is 2. The van der Waals surface area contributed by atoms with E-state index in [1.807, 2.05) is 4.90 Å². The number of nitrogens with one attached hydrogen (secondary N) is 1. The Morgan fingerprint density at radius 1 is 1.48 bits per heavy atom. The molecule has 1 aromatic rings. The number of aryl methyl sites for hydroxylation is 2. The summed E-state index contributed by atoms with van der Waals surface area (Å²) in [6.45, 7) is 5.84. The summed E-state index contributed by atoms with van der Waals surface area (Å²) in [6.07, 6.45) is 1.47. The first-order chi connectivity index (χ1) is 11.0. The zero-order valence-electron chi connectivity index (χ0n) is 14.1. The summed E-state index contributed by atoms with van der Waals surface area (Å²) in [5.74, 6) is 0.643.